The molecule has 0 bridgehead atoms. The Morgan fingerprint density at radius 2 is 1.86 bits per heavy atom. The van der Waals surface area contributed by atoms with E-state index in [1.54, 1.807) is 53.9 Å². The number of rotatable bonds is 2. The number of halogens is 4. The predicted octanol–water partition coefficient (Wildman–Crippen LogP) is 5.11. The molecule has 2 heterocycles. The molecule has 1 aliphatic heterocycles. The van der Waals surface area contributed by atoms with Crippen molar-refractivity contribution in [2.45, 2.75) is 18.3 Å². The molecule has 1 aromatic heterocycles. The Balaban J connectivity index is 1.60. The summed E-state index contributed by atoms with van der Waals surface area (Å²) in [5, 5.41) is 17.9. The number of fused-ring (bicyclic) bond motifs is 3. The molecular formula is C20H13ClF3N3OS. The summed E-state index contributed by atoms with van der Waals surface area (Å²) in [6.07, 6.45) is -4.85. The van der Waals surface area contributed by atoms with Crippen molar-refractivity contribution in [1.29, 1.82) is 0 Å². The second kappa shape index (κ2) is 6.29. The number of hydrazone groups is 1. The molecule has 3 aromatic rings. The SMILES string of the molecule is O[C@@]1(C(F)(F)F)[C@@H]2Cc3ccccc3C2=NN1c1nc(-c2ccc(Cl)cc2)cs1. The Labute approximate surface area is 172 Å². The van der Waals surface area contributed by atoms with E-state index in [1.807, 2.05) is 0 Å². The molecule has 0 amide bonds. The third-order valence-corrected chi connectivity index (χ3v) is 6.36. The zero-order valence-corrected chi connectivity index (χ0v) is 16.3. The van der Waals surface area contributed by atoms with Gasteiger partial charge < -0.3 is 5.11 Å². The molecule has 29 heavy (non-hydrogen) atoms. The quantitative estimate of drug-likeness (QED) is 0.608. The van der Waals surface area contributed by atoms with Crippen LogP contribution in [0.4, 0.5) is 18.3 Å². The van der Waals surface area contributed by atoms with Crippen LogP contribution in [0, 0.1) is 5.92 Å². The van der Waals surface area contributed by atoms with E-state index in [9.17, 15) is 18.3 Å². The molecule has 2 aliphatic rings. The largest absolute Gasteiger partial charge is 0.439 e. The summed E-state index contributed by atoms with van der Waals surface area (Å²) >= 11 is 6.89. The number of hydrogen-bond donors (Lipinski definition) is 1. The third kappa shape index (κ3) is 2.70. The van der Waals surface area contributed by atoms with Crippen LogP contribution in [-0.2, 0) is 6.42 Å². The van der Waals surface area contributed by atoms with Crippen LogP contribution in [0.2, 0.25) is 5.02 Å². The van der Waals surface area contributed by atoms with Crippen molar-refractivity contribution in [3.8, 4) is 11.3 Å². The molecule has 0 unspecified atom stereocenters. The van der Waals surface area contributed by atoms with E-state index < -0.39 is 17.8 Å². The van der Waals surface area contributed by atoms with E-state index in [4.69, 9.17) is 11.6 Å². The lowest BCUT2D eigenvalue weighted by molar-refractivity contribution is -0.267. The highest BCUT2D eigenvalue weighted by molar-refractivity contribution is 7.14. The van der Waals surface area contributed by atoms with Gasteiger partial charge in [0.2, 0.25) is 5.13 Å². The van der Waals surface area contributed by atoms with Gasteiger partial charge >= 0.3 is 6.18 Å². The summed E-state index contributed by atoms with van der Waals surface area (Å²) in [7, 11) is 0. The van der Waals surface area contributed by atoms with Gasteiger partial charge in [0, 0.05) is 21.5 Å². The molecule has 0 fully saturated rings. The highest BCUT2D eigenvalue weighted by Crippen LogP contribution is 2.51. The zero-order valence-electron chi connectivity index (χ0n) is 14.7. The first-order valence-corrected chi connectivity index (χ1v) is 10.0. The maximum absolute atomic E-state index is 14.1. The van der Waals surface area contributed by atoms with Gasteiger partial charge in [-0.1, -0.05) is 48.0 Å². The van der Waals surface area contributed by atoms with E-state index >= 15 is 0 Å². The fourth-order valence-electron chi connectivity index (χ4n) is 3.86. The molecule has 0 radical (unpaired) electrons. The highest BCUT2D eigenvalue weighted by Gasteiger charge is 2.69. The second-order valence-electron chi connectivity index (χ2n) is 6.96. The van der Waals surface area contributed by atoms with Gasteiger partial charge in [0.05, 0.1) is 17.3 Å². The van der Waals surface area contributed by atoms with Crippen molar-refractivity contribution in [2.75, 3.05) is 5.01 Å². The fourth-order valence-corrected chi connectivity index (χ4v) is 4.82. The van der Waals surface area contributed by atoms with Gasteiger partial charge in [-0.15, -0.1) is 11.3 Å². The van der Waals surface area contributed by atoms with Crippen LogP contribution in [0.5, 0.6) is 0 Å². The summed E-state index contributed by atoms with van der Waals surface area (Å²) in [6.45, 7) is 0. The molecule has 148 valence electrons. The summed E-state index contributed by atoms with van der Waals surface area (Å²) < 4.78 is 42.3. The molecule has 0 saturated heterocycles. The van der Waals surface area contributed by atoms with E-state index in [1.165, 1.54) is 0 Å². The molecule has 2 aromatic carbocycles. The number of nitrogens with zero attached hydrogens (tertiary/aromatic N) is 3. The maximum atomic E-state index is 14.1. The number of aromatic nitrogens is 1. The Hall–Kier alpha value is -2.42. The summed E-state index contributed by atoms with van der Waals surface area (Å²) in [4.78, 5) is 4.32. The first kappa shape index (κ1) is 18.6. The van der Waals surface area contributed by atoms with Gasteiger partial charge in [0.15, 0.2) is 0 Å². The average molecular weight is 436 g/mol. The van der Waals surface area contributed by atoms with Crippen LogP contribution < -0.4 is 5.01 Å². The summed E-state index contributed by atoms with van der Waals surface area (Å²) in [5.74, 6) is -1.21. The first-order chi connectivity index (χ1) is 13.8. The zero-order chi connectivity index (χ0) is 20.4. The molecule has 1 aliphatic carbocycles. The van der Waals surface area contributed by atoms with Crippen LogP contribution in [-0.4, -0.2) is 27.7 Å². The maximum Gasteiger partial charge on any atom is 0.439 e. The smallest absolute Gasteiger partial charge is 0.362 e. The third-order valence-electron chi connectivity index (χ3n) is 5.29. The number of thiazole rings is 1. The van der Waals surface area contributed by atoms with Crippen molar-refractivity contribution in [3.63, 3.8) is 0 Å². The minimum Gasteiger partial charge on any atom is -0.362 e. The molecule has 0 saturated carbocycles. The van der Waals surface area contributed by atoms with Gasteiger partial charge in [-0.3, -0.25) is 0 Å². The monoisotopic (exact) mass is 435 g/mol. The fraction of sp³-hybridized carbons (Fsp3) is 0.200. The van der Waals surface area contributed by atoms with Crippen LogP contribution in [0.25, 0.3) is 11.3 Å². The topological polar surface area (TPSA) is 48.7 Å². The van der Waals surface area contributed by atoms with E-state index in [0.717, 1.165) is 16.9 Å². The summed E-state index contributed by atoms with van der Waals surface area (Å²) in [5.41, 5.74) is -0.328. The van der Waals surface area contributed by atoms with Crippen LogP contribution >= 0.6 is 22.9 Å². The number of alkyl halides is 3. The van der Waals surface area contributed by atoms with Gasteiger partial charge in [0.1, 0.15) is 0 Å². The number of hydrogen-bond acceptors (Lipinski definition) is 5. The lowest BCUT2D eigenvalue weighted by Gasteiger charge is -2.36. The number of anilines is 1. The van der Waals surface area contributed by atoms with Crippen LogP contribution in [0.1, 0.15) is 11.1 Å². The Morgan fingerprint density at radius 3 is 2.59 bits per heavy atom. The number of aliphatic hydroxyl groups is 1. The van der Waals surface area contributed by atoms with Crippen molar-refractivity contribution >= 4 is 33.8 Å². The van der Waals surface area contributed by atoms with E-state index in [0.29, 0.717) is 26.9 Å². The molecule has 1 N–H and O–H groups in total. The second-order valence-corrected chi connectivity index (χ2v) is 8.23. The molecular weight excluding hydrogens is 423 g/mol. The lowest BCUT2D eigenvalue weighted by atomic mass is 9.91. The minimum atomic E-state index is -4.92. The van der Waals surface area contributed by atoms with Crippen molar-refractivity contribution in [2.24, 2.45) is 11.0 Å². The number of benzene rings is 2. The molecule has 2 atom stereocenters. The normalized spacial score (nSPS) is 23.1. The highest BCUT2D eigenvalue weighted by atomic mass is 35.5. The molecule has 4 nitrogen and oxygen atoms in total. The van der Waals surface area contributed by atoms with E-state index in [-0.39, 0.29) is 17.3 Å². The molecule has 9 heteroatoms. The van der Waals surface area contributed by atoms with Crippen LogP contribution in [0.3, 0.4) is 0 Å². The van der Waals surface area contributed by atoms with Gasteiger partial charge in [-0.05, 0) is 24.1 Å². The minimum absolute atomic E-state index is 0.0193. The Kier molecular flexibility index (Phi) is 4.03. The van der Waals surface area contributed by atoms with Crippen LogP contribution in [0.15, 0.2) is 59.0 Å². The molecule has 0 spiro atoms. The van der Waals surface area contributed by atoms with Crippen molar-refractivity contribution in [3.05, 3.63) is 70.1 Å². The first-order valence-electron chi connectivity index (χ1n) is 8.76. The Bertz CT molecular complexity index is 1130. The average Bonchev–Trinajstić information content (AvgIpc) is 3.36. The standard InChI is InChI=1S/C20H13ClF3N3OS/c21-13-7-5-11(6-8-13)16-10-29-18(25-16)27-19(28,20(22,23)24)15-9-12-3-1-2-4-14(12)17(15)26-27/h1-8,10,15,28H,9H2/t15-,19-/m1/s1. The van der Waals surface area contributed by atoms with Crippen molar-refractivity contribution in [1.82, 2.24) is 4.98 Å². The summed E-state index contributed by atoms with van der Waals surface area (Å²) in [6, 6.07) is 13.8. The lowest BCUT2D eigenvalue weighted by Crippen LogP contribution is -2.60. The van der Waals surface area contributed by atoms with E-state index in [2.05, 4.69) is 10.1 Å². The van der Waals surface area contributed by atoms with Crippen molar-refractivity contribution < 1.29 is 18.3 Å². The predicted molar refractivity (Wildman–Crippen MR) is 106 cm³/mol. The van der Waals surface area contributed by atoms with Gasteiger partial charge in [-0.2, -0.15) is 23.3 Å². The van der Waals surface area contributed by atoms with Gasteiger partial charge in [-0.25, -0.2) is 4.98 Å². The Morgan fingerprint density at radius 1 is 1.14 bits per heavy atom. The van der Waals surface area contributed by atoms with Gasteiger partial charge in [0.25, 0.3) is 5.72 Å². The molecule has 5 rings (SSSR count).